The van der Waals surface area contributed by atoms with Crippen LogP contribution in [0.2, 0.25) is 0 Å². The molecule has 0 spiro atoms. The number of benzene rings is 1. The van der Waals surface area contributed by atoms with Crippen molar-refractivity contribution in [2.75, 3.05) is 5.32 Å². The highest BCUT2D eigenvalue weighted by Gasteiger charge is 2.15. The van der Waals surface area contributed by atoms with E-state index in [1.807, 2.05) is 30.7 Å². The summed E-state index contributed by atoms with van der Waals surface area (Å²) in [6.07, 6.45) is 5.30. The van der Waals surface area contributed by atoms with Crippen LogP contribution in [-0.2, 0) is 6.54 Å². The number of aromatic nitrogens is 2. The molecule has 0 amide bonds. The summed E-state index contributed by atoms with van der Waals surface area (Å²) in [6, 6.07) is 5.25. The zero-order valence-corrected chi connectivity index (χ0v) is 10.9. The third-order valence-corrected chi connectivity index (χ3v) is 2.80. The molecule has 6 heteroatoms. The zero-order chi connectivity index (χ0) is 13.8. The molecule has 0 aliphatic rings. The maximum Gasteiger partial charge on any atom is 0.292 e. The lowest BCUT2D eigenvalue weighted by Crippen LogP contribution is -2.21. The number of nitro benzene ring substituents is 1. The molecule has 1 aromatic heterocycles. The molecule has 1 atom stereocenters. The molecule has 1 unspecified atom stereocenters. The summed E-state index contributed by atoms with van der Waals surface area (Å²) in [5.41, 5.74) is 1.53. The van der Waals surface area contributed by atoms with Crippen LogP contribution in [0.4, 0.5) is 11.4 Å². The average molecular weight is 260 g/mol. The lowest BCUT2D eigenvalue weighted by molar-refractivity contribution is -0.384. The highest BCUT2D eigenvalue weighted by atomic mass is 16.6. The van der Waals surface area contributed by atoms with E-state index >= 15 is 0 Å². The van der Waals surface area contributed by atoms with Gasteiger partial charge in [0, 0.05) is 31.0 Å². The predicted octanol–water partition coefficient (Wildman–Crippen LogP) is 2.60. The Morgan fingerprint density at radius 1 is 1.53 bits per heavy atom. The van der Waals surface area contributed by atoms with Crippen LogP contribution in [0, 0.1) is 17.0 Å². The van der Waals surface area contributed by atoms with Crippen molar-refractivity contribution in [1.82, 2.24) is 9.55 Å². The van der Waals surface area contributed by atoms with Crippen molar-refractivity contribution in [3.63, 3.8) is 0 Å². The molecule has 0 saturated heterocycles. The van der Waals surface area contributed by atoms with Crippen molar-refractivity contribution in [2.45, 2.75) is 26.4 Å². The van der Waals surface area contributed by atoms with Crippen molar-refractivity contribution >= 4 is 11.4 Å². The van der Waals surface area contributed by atoms with Crippen molar-refractivity contribution in [1.29, 1.82) is 0 Å². The number of hydrogen-bond acceptors (Lipinski definition) is 4. The van der Waals surface area contributed by atoms with Gasteiger partial charge in [-0.15, -0.1) is 0 Å². The summed E-state index contributed by atoms with van der Waals surface area (Å²) >= 11 is 0. The van der Waals surface area contributed by atoms with Crippen LogP contribution in [0.15, 0.2) is 36.9 Å². The molecule has 1 N–H and O–H groups in total. The molecule has 19 heavy (non-hydrogen) atoms. The van der Waals surface area contributed by atoms with Gasteiger partial charge in [0.2, 0.25) is 0 Å². The van der Waals surface area contributed by atoms with E-state index in [1.165, 1.54) is 0 Å². The number of nitrogens with zero attached hydrogens (tertiary/aromatic N) is 3. The van der Waals surface area contributed by atoms with Crippen molar-refractivity contribution in [3.05, 3.63) is 52.6 Å². The third kappa shape index (κ3) is 3.31. The fourth-order valence-electron chi connectivity index (χ4n) is 1.94. The van der Waals surface area contributed by atoms with Gasteiger partial charge in [-0.1, -0.05) is 6.07 Å². The monoisotopic (exact) mass is 260 g/mol. The van der Waals surface area contributed by atoms with E-state index in [0.29, 0.717) is 12.2 Å². The molecule has 0 aliphatic heterocycles. The summed E-state index contributed by atoms with van der Waals surface area (Å²) in [6.45, 7) is 4.51. The highest BCUT2D eigenvalue weighted by molar-refractivity contribution is 5.62. The molecule has 2 aromatic rings. The minimum atomic E-state index is -0.362. The summed E-state index contributed by atoms with van der Waals surface area (Å²) in [5.74, 6) is 0. The van der Waals surface area contributed by atoms with Gasteiger partial charge in [0.1, 0.15) is 5.69 Å². The quantitative estimate of drug-likeness (QED) is 0.662. The molecular formula is C13H16N4O2. The second-order valence-electron chi connectivity index (χ2n) is 4.58. The molecule has 6 nitrogen and oxygen atoms in total. The fourth-order valence-corrected chi connectivity index (χ4v) is 1.94. The molecule has 0 saturated carbocycles. The molecule has 2 rings (SSSR count). The van der Waals surface area contributed by atoms with Crippen LogP contribution in [0.25, 0.3) is 0 Å². The normalized spacial score (nSPS) is 12.1. The van der Waals surface area contributed by atoms with Gasteiger partial charge in [0.05, 0.1) is 11.3 Å². The molecule has 0 radical (unpaired) electrons. The Labute approximate surface area is 111 Å². The van der Waals surface area contributed by atoms with Gasteiger partial charge < -0.3 is 9.88 Å². The van der Waals surface area contributed by atoms with Gasteiger partial charge in [-0.05, 0) is 25.5 Å². The third-order valence-electron chi connectivity index (χ3n) is 2.80. The number of anilines is 1. The maximum absolute atomic E-state index is 11.0. The number of aryl methyl sites for hydroxylation is 1. The maximum atomic E-state index is 11.0. The Hall–Kier alpha value is -2.37. The van der Waals surface area contributed by atoms with E-state index in [4.69, 9.17) is 0 Å². The Morgan fingerprint density at radius 2 is 2.32 bits per heavy atom. The summed E-state index contributed by atoms with van der Waals surface area (Å²) in [7, 11) is 0. The molecule has 1 aromatic carbocycles. The van der Waals surface area contributed by atoms with Crippen LogP contribution in [0.5, 0.6) is 0 Å². The summed E-state index contributed by atoms with van der Waals surface area (Å²) < 4.78 is 1.93. The summed E-state index contributed by atoms with van der Waals surface area (Å²) in [4.78, 5) is 14.6. The predicted molar refractivity (Wildman–Crippen MR) is 73.1 cm³/mol. The van der Waals surface area contributed by atoms with Crippen LogP contribution in [0.1, 0.15) is 12.5 Å². The van der Waals surface area contributed by atoms with Crippen LogP contribution < -0.4 is 5.32 Å². The second kappa shape index (κ2) is 5.51. The van der Waals surface area contributed by atoms with Gasteiger partial charge >= 0.3 is 0 Å². The van der Waals surface area contributed by atoms with E-state index in [0.717, 1.165) is 5.56 Å². The number of nitrogens with one attached hydrogen (secondary N) is 1. The molecule has 0 fully saturated rings. The Balaban J connectivity index is 2.12. The first-order valence-electron chi connectivity index (χ1n) is 6.03. The minimum Gasteiger partial charge on any atom is -0.375 e. The second-order valence-corrected chi connectivity index (χ2v) is 4.58. The fraction of sp³-hybridized carbons (Fsp3) is 0.308. The molecule has 0 aliphatic carbocycles. The van der Waals surface area contributed by atoms with E-state index in [2.05, 4.69) is 10.3 Å². The number of hydrogen-bond donors (Lipinski definition) is 1. The van der Waals surface area contributed by atoms with E-state index in [1.54, 1.807) is 24.7 Å². The number of rotatable bonds is 5. The molecule has 0 bridgehead atoms. The van der Waals surface area contributed by atoms with Gasteiger partial charge in [-0.3, -0.25) is 10.1 Å². The Morgan fingerprint density at radius 3 is 2.95 bits per heavy atom. The van der Waals surface area contributed by atoms with Gasteiger partial charge in [-0.2, -0.15) is 0 Å². The van der Waals surface area contributed by atoms with Crippen LogP contribution in [0.3, 0.4) is 0 Å². The minimum absolute atomic E-state index is 0.0654. The van der Waals surface area contributed by atoms with Crippen LogP contribution >= 0.6 is 0 Å². The van der Waals surface area contributed by atoms with Gasteiger partial charge in [-0.25, -0.2) is 4.98 Å². The van der Waals surface area contributed by atoms with Gasteiger partial charge in [0.15, 0.2) is 0 Å². The zero-order valence-electron chi connectivity index (χ0n) is 10.9. The Bertz CT molecular complexity index is 566. The molecule has 1 heterocycles. The number of nitro groups is 1. The lowest BCUT2D eigenvalue weighted by Gasteiger charge is -2.16. The van der Waals surface area contributed by atoms with Crippen molar-refractivity contribution < 1.29 is 4.92 Å². The standard InChI is InChI=1S/C13H16N4O2/c1-10-3-4-12(13(7-10)17(18)19)15-11(2)8-16-6-5-14-9-16/h3-7,9,11,15H,8H2,1-2H3. The highest BCUT2D eigenvalue weighted by Crippen LogP contribution is 2.26. The lowest BCUT2D eigenvalue weighted by atomic mass is 10.2. The summed E-state index contributed by atoms with van der Waals surface area (Å²) in [5, 5.41) is 14.2. The first kappa shape index (κ1) is 13.1. The first-order chi connectivity index (χ1) is 9.06. The molecular weight excluding hydrogens is 244 g/mol. The van der Waals surface area contributed by atoms with Crippen LogP contribution in [-0.4, -0.2) is 20.5 Å². The van der Waals surface area contributed by atoms with Gasteiger partial charge in [0.25, 0.3) is 5.69 Å². The van der Waals surface area contributed by atoms with E-state index in [-0.39, 0.29) is 16.7 Å². The SMILES string of the molecule is Cc1ccc(NC(C)Cn2ccnc2)c([N+](=O)[O-])c1. The largest absolute Gasteiger partial charge is 0.375 e. The van der Waals surface area contributed by atoms with E-state index in [9.17, 15) is 10.1 Å². The van der Waals surface area contributed by atoms with Crippen molar-refractivity contribution in [2.24, 2.45) is 0 Å². The van der Waals surface area contributed by atoms with Crippen molar-refractivity contribution in [3.8, 4) is 0 Å². The van der Waals surface area contributed by atoms with E-state index < -0.39 is 0 Å². The molecule has 100 valence electrons. The smallest absolute Gasteiger partial charge is 0.292 e. The Kier molecular flexibility index (Phi) is 3.79. The average Bonchev–Trinajstić information content (AvgIpc) is 2.83. The topological polar surface area (TPSA) is 73.0 Å². The first-order valence-corrected chi connectivity index (χ1v) is 6.03. The number of imidazole rings is 1.